The lowest BCUT2D eigenvalue weighted by Crippen LogP contribution is -2.13. The van der Waals surface area contributed by atoms with Gasteiger partial charge in [0.05, 0.1) is 5.56 Å². The molecule has 2 N–H and O–H groups in total. The minimum absolute atomic E-state index is 0.0220. The van der Waals surface area contributed by atoms with Gasteiger partial charge in [-0.2, -0.15) is 18.4 Å². The van der Waals surface area contributed by atoms with Crippen molar-refractivity contribution in [3.63, 3.8) is 0 Å². The van der Waals surface area contributed by atoms with Crippen LogP contribution in [0.2, 0.25) is 0 Å². The first-order chi connectivity index (χ1) is 11.3. The van der Waals surface area contributed by atoms with E-state index in [0.29, 0.717) is 11.3 Å². The number of carbonyl (C=O) groups excluding carboxylic acids is 1. The van der Waals surface area contributed by atoms with Crippen LogP contribution in [0.15, 0.2) is 54.1 Å². The van der Waals surface area contributed by atoms with Gasteiger partial charge in [-0.1, -0.05) is 12.1 Å². The van der Waals surface area contributed by atoms with Crippen molar-refractivity contribution >= 4 is 17.7 Å². The fourth-order valence-corrected chi connectivity index (χ4v) is 1.83. The van der Waals surface area contributed by atoms with Crippen LogP contribution in [0.1, 0.15) is 11.1 Å². The molecule has 0 spiro atoms. The molecule has 7 heteroatoms. The molecule has 0 saturated heterocycles. The van der Waals surface area contributed by atoms with Crippen molar-refractivity contribution in [3.05, 3.63) is 65.2 Å². The molecule has 0 atom stereocenters. The highest BCUT2D eigenvalue weighted by Crippen LogP contribution is 2.29. The van der Waals surface area contributed by atoms with Gasteiger partial charge in [-0.25, -0.2) is 0 Å². The average molecular weight is 332 g/mol. The van der Waals surface area contributed by atoms with E-state index < -0.39 is 17.6 Å². The van der Waals surface area contributed by atoms with E-state index in [9.17, 15) is 18.0 Å². The summed E-state index contributed by atoms with van der Waals surface area (Å²) in [5.74, 6) is -0.683. The van der Waals surface area contributed by atoms with Crippen LogP contribution >= 0.6 is 0 Å². The molecule has 2 aromatic carbocycles. The maximum atomic E-state index is 12.5. The number of hydrogen-bond acceptors (Lipinski definition) is 3. The van der Waals surface area contributed by atoms with Crippen molar-refractivity contribution in [1.29, 1.82) is 5.26 Å². The highest BCUT2D eigenvalue weighted by atomic mass is 19.4. The predicted molar refractivity (Wildman–Crippen MR) is 81.8 cm³/mol. The zero-order chi connectivity index (χ0) is 17.7. The molecule has 0 aliphatic heterocycles. The number of amides is 1. The molecule has 1 amide bonds. The van der Waals surface area contributed by atoms with Crippen LogP contribution in [-0.2, 0) is 11.0 Å². The summed E-state index contributed by atoms with van der Waals surface area (Å²) in [5.41, 5.74) is -0.415. The summed E-state index contributed by atoms with van der Waals surface area (Å²) in [5, 5.41) is 20.7. The molecule has 0 saturated carbocycles. The van der Waals surface area contributed by atoms with E-state index in [4.69, 9.17) is 10.4 Å². The van der Waals surface area contributed by atoms with E-state index in [0.717, 1.165) is 12.1 Å². The molecule has 0 radical (unpaired) electrons. The van der Waals surface area contributed by atoms with E-state index in [1.54, 1.807) is 6.07 Å². The Morgan fingerprint density at radius 3 is 2.17 bits per heavy atom. The Kier molecular flexibility index (Phi) is 4.90. The lowest BCUT2D eigenvalue weighted by Gasteiger charge is -2.07. The van der Waals surface area contributed by atoms with Gasteiger partial charge in [0.1, 0.15) is 17.4 Å². The van der Waals surface area contributed by atoms with Crippen LogP contribution in [0.5, 0.6) is 5.75 Å². The third-order valence-electron chi connectivity index (χ3n) is 3.04. The lowest BCUT2D eigenvalue weighted by molar-refractivity contribution is -0.137. The number of alkyl halides is 3. The Morgan fingerprint density at radius 1 is 1.08 bits per heavy atom. The minimum Gasteiger partial charge on any atom is -0.508 e. The van der Waals surface area contributed by atoms with E-state index >= 15 is 0 Å². The first-order valence-corrected chi connectivity index (χ1v) is 6.69. The average Bonchev–Trinajstić information content (AvgIpc) is 2.54. The lowest BCUT2D eigenvalue weighted by atomic mass is 10.1. The summed E-state index contributed by atoms with van der Waals surface area (Å²) in [6, 6.07) is 11.4. The Balaban J connectivity index is 2.18. The van der Waals surface area contributed by atoms with Gasteiger partial charge in [-0.3, -0.25) is 4.79 Å². The van der Waals surface area contributed by atoms with E-state index in [1.807, 2.05) is 0 Å². The molecule has 2 rings (SSSR count). The van der Waals surface area contributed by atoms with Gasteiger partial charge in [0.2, 0.25) is 0 Å². The maximum Gasteiger partial charge on any atom is 0.416 e. The van der Waals surface area contributed by atoms with Crippen molar-refractivity contribution < 1.29 is 23.1 Å². The highest BCUT2D eigenvalue weighted by molar-refractivity contribution is 6.09. The molecule has 0 aliphatic carbocycles. The Hall–Kier alpha value is -3.27. The summed E-state index contributed by atoms with van der Waals surface area (Å²) in [4.78, 5) is 12.0. The monoisotopic (exact) mass is 332 g/mol. The third-order valence-corrected chi connectivity index (χ3v) is 3.04. The third kappa shape index (κ3) is 4.36. The second-order valence-electron chi connectivity index (χ2n) is 4.79. The van der Waals surface area contributed by atoms with Gasteiger partial charge in [0, 0.05) is 5.69 Å². The van der Waals surface area contributed by atoms with E-state index in [1.165, 1.54) is 42.5 Å². The Bertz CT molecular complexity index is 802. The first-order valence-electron chi connectivity index (χ1n) is 6.69. The summed E-state index contributed by atoms with van der Waals surface area (Å²) < 4.78 is 37.5. The minimum atomic E-state index is -4.45. The number of hydrogen-bond donors (Lipinski definition) is 2. The number of phenolic OH excluding ortho intramolecular Hbond substituents is 1. The molecule has 122 valence electrons. The van der Waals surface area contributed by atoms with Crippen LogP contribution in [0.25, 0.3) is 6.08 Å². The molecule has 0 aromatic heterocycles. The summed E-state index contributed by atoms with van der Waals surface area (Å²) >= 11 is 0. The van der Waals surface area contributed by atoms with Gasteiger partial charge in [0.15, 0.2) is 0 Å². The number of anilines is 1. The molecule has 2 aromatic rings. The smallest absolute Gasteiger partial charge is 0.416 e. The molecular weight excluding hydrogens is 321 g/mol. The zero-order valence-electron chi connectivity index (χ0n) is 12.1. The summed E-state index contributed by atoms with van der Waals surface area (Å²) in [6.45, 7) is 0. The fourth-order valence-electron chi connectivity index (χ4n) is 1.83. The van der Waals surface area contributed by atoms with E-state index in [-0.39, 0.29) is 11.3 Å². The number of nitriles is 1. The van der Waals surface area contributed by atoms with Gasteiger partial charge in [0.25, 0.3) is 5.91 Å². The number of phenols is 1. The van der Waals surface area contributed by atoms with Crippen molar-refractivity contribution in [2.75, 3.05) is 5.32 Å². The molecule has 0 heterocycles. The van der Waals surface area contributed by atoms with Crippen LogP contribution in [0.3, 0.4) is 0 Å². The topological polar surface area (TPSA) is 73.1 Å². The Morgan fingerprint density at radius 2 is 1.67 bits per heavy atom. The fraction of sp³-hybridized carbons (Fsp3) is 0.0588. The molecule has 0 bridgehead atoms. The van der Waals surface area contributed by atoms with Gasteiger partial charge in [-0.15, -0.1) is 0 Å². The van der Waals surface area contributed by atoms with Crippen molar-refractivity contribution in [2.45, 2.75) is 6.18 Å². The van der Waals surface area contributed by atoms with Crippen molar-refractivity contribution in [2.24, 2.45) is 0 Å². The van der Waals surface area contributed by atoms with Crippen molar-refractivity contribution in [1.82, 2.24) is 0 Å². The quantitative estimate of drug-likeness (QED) is 0.508. The Labute approximate surface area is 135 Å². The number of benzene rings is 2. The highest BCUT2D eigenvalue weighted by Gasteiger charge is 2.29. The number of nitrogens with zero attached hydrogens (tertiary/aromatic N) is 1. The largest absolute Gasteiger partial charge is 0.508 e. The van der Waals surface area contributed by atoms with Crippen LogP contribution in [-0.4, -0.2) is 11.0 Å². The molecule has 0 fully saturated rings. The molecule has 24 heavy (non-hydrogen) atoms. The SMILES string of the molecule is N#CC(=Cc1ccc(C(F)(F)F)cc1)C(=O)Nc1ccc(O)cc1. The number of aromatic hydroxyl groups is 1. The molecular formula is C17H11F3N2O2. The second-order valence-corrected chi connectivity index (χ2v) is 4.79. The standard InChI is InChI=1S/C17H11F3N2O2/c18-17(19,20)13-3-1-11(2-4-13)9-12(10-21)16(24)22-14-5-7-15(23)8-6-14/h1-9,23H,(H,22,24). The number of carbonyl (C=O) groups is 1. The van der Waals surface area contributed by atoms with E-state index in [2.05, 4.69) is 5.32 Å². The maximum absolute atomic E-state index is 12.5. The van der Waals surface area contributed by atoms with Crippen LogP contribution in [0, 0.1) is 11.3 Å². The number of nitrogens with one attached hydrogen (secondary N) is 1. The molecule has 4 nitrogen and oxygen atoms in total. The summed E-state index contributed by atoms with van der Waals surface area (Å²) in [6.07, 6.45) is -3.26. The second kappa shape index (κ2) is 6.87. The zero-order valence-corrected chi connectivity index (χ0v) is 12.1. The first kappa shape index (κ1) is 17.1. The predicted octanol–water partition coefficient (Wildman–Crippen LogP) is 3.96. The normalized spacial score (nSPS) is 11.7. The number of halogens is 3. The molecule has 0 unspecified atom stereocenters. The van der Waals surface area contributed by atoms with Gasteiger partial charge >= 0.3 is 6.18 Å². The van der Waals surface area contributed by atoms with Gasteiger partial charge < -0.3 is 10.4 Å². The van der Waals surface area contributed by atoms with Crippen LogP contribution in [0.4, 0.5) is 18.9 Å². The van der Waals surface area contributed by atoms with Crippen molar-refractivity contribution in [3.8, 4) is 11.8 Å². The number of rotatable bonds is 3. The summed E-state index contributed by atoms with van der Waals surface area (Å²) in [7, 11) is 0. The molecule has 0 aliphatic rings. The van der Waals surface area contributed by atoms with Gasteiger partial charge in [-0.05, 0) is 48.0 Å². The van der Waals surface area contributed by atoms with Crippen LogP contribution < -0.4 is 5.32 Å².